The van der Waals surface area contributed by atoms with Gasteiger partial charge in [-0.15, -0.1) is 0 Å². The van der Waals surface area contributed by atoms with Crippen LogP contribution in [-0.4, -0.2) is 38.3 Å². The number of morpholine rings is 1. The molecule has 1 aliphatic rings. The van der Waals surface area contributed by atoms with Crippen molar-refractivity contribution in [3.05, 3.63) is 33.8 Å². The fourth-order valence-corrected chi connectivity index (χ4v) is 2.40. The summed E-state index contributed by atoms with van der Waals surface area (Å²) in [5.41, 5.74) is 0.967. The lowest BCUT2D eigenvalue weighted by molar-refractivity contribution is -0.134. The Balaban J connectivity index is 1.78. The van der Waals surface area contributed by atoms with Crippen LogP contribution in [0.4, 0.5) is 0 Å². The zero-order chi connectivity index (χ0) is 13.7. The van der Waals surface area contributed by atoms with Crippen LogP contribution in [0.1, 0.15) is 5.56 Å². The maximum atomic E-state index is 11.8. The van der Waals surface area contributed by atoms with Crippen LogP contribution in [0, 0.1) is 0 Å². The molecule has 0 aromatic heterocycles. The monoisotopic (exact) mass is 302 g/mol. The predicted molar refractivity (Wildman–Crippen MR) is 75.8 cm³/mol. The van der Waals surface area contributed by atoms with Crippen LogP contribution in [0.25, 0.3) is 0 Å². The number of nitrogens with one attached hydrogen (secondary N) is 2. The molecule has 1 aromatic rings. The first-order valence-corrected chi connectivity index (χ1v) is 6.96. The molecule has 1 saturated heterocycles. The fraction of sp³-hybridized carbons (Fsp3) is 0.462. The van der Waals surface area contributed by atoms with E-state index in [1.807, 2.05) is 6.07 Å². The van der Waals surface area contributed by atoms with Gasteiger partial charge in [-0.3, -0.25) is 4.79 Å². The van der Waals surface area contributed by atoms with Gasteiger partial charge in [-0.2, -0.15) is 0 Å². The summed E-state index contributed by atoms with van der Waals surface area (Å²) in [6, 6.07) is 5.36. The van der Waals surface area contributed by atoms with Crippen molar-refractivity contribution in [2.24, 2.45) is 0 Å². The van der Waals surface area contributed by atoms with E-state index in [1.54, 1.807) is 12.1 Å². The predicted octanol–water partition coefficient (Wildman–Crippen LogP) is 1.64. The topological polar surface area (TPSA) is 50.4 Å². The molecule has 0 radical (unpaired) electrons. The number of benzene rings is 1. The molecule has 1 amide bonds. The summed E-state index contributed by atoms with van der Waals surface area (Å²) in [5.74, 6) is -0.0858. The fourth-order valence-electron chi connectivity index (χ4n) is 1.89. The number of hydrogen-bond donors (Lipinski definition) is 2. The van der Waals surface area contributed by atoms with E-state index in [4.69, 9.17) is 27.9 Å². The highest BCUT2D eigenvalue weighted by Crippen LogP contribution is 2.21. The minimum Gasteiger partial charge on any atom is -0.366 e. The quantitative estimate of drug-likeness (QED) is 0.889. The Hall–Kier alpha value is -0.810. The van der Waals surface area contributed by atoms with Gasteiger partial charge in [0, 0.05) is 29.7 Å². The molecule has 2 N–H and O–H groups in total. The molecule has 1 fully saturated rings. The standard InChI is InChI=1S/C13H16Cl2N2O2/c14-10-2-1-9(11(15)7-10)3-4-17-13(18)12-8-16-5-6-19-12/h1-2,7,12,16H,3-6,8H2,(H,17,18). The smallest absolute Gasteiger partial charge is 0.250 e. The lowest BCUT2D eigenvalue weighted by Gasteiger charge is -2.22. The lowest BCUT2D eigenvalue weighted by atomic mass is 10.1. The first kappa shape index (κ1) is 14.6. The largest absolute Gasteiger partial charge is 0.366 e. The summed E-state index contributed by atoms with van der Waals surface area (Å²) >= 11 is 11.9. The van der Waals surface area contributed by atoms with E-state index in [0.29, 0.717) is 36.2 Å². The van der Waals surface area contributed by atoms with Crippen molar-refractivity contribution in [1.29, 1.82) is 0 Å². The third kappa shape index (κ3) is 4.35. The Morgan fingerprint density at radius 3 is 3.00 bits per heavy atom. The molecular weight excluding hydrogens is 287 g/mol. The molecular formula is C13H16Cl2N2O2. The SMILES string of the molecule is O=C(NCCc1ccc(Cl)cc1Cl)C1CNCCO1. The van der Waals surface area contributed by atoms with Crippen molar-refractivity contribution < 1.29 is 9.53 Å². The van der Waals surface area contributed by atoms with Gasteiger partial charge in [-0.05, 0) is 24.1 Å². The minimum absolute atomic E-state index is 0.0858. The summed E-state index contributed by atoms with van der Waals surface area (Å²) in [6.45, 7) is 2.46. The van der Waals surface area contributed by atoms with E-state index in [1.165, 1.54) is 0 Å². The number of rotatable bonds is 4. The number of amides is 1. The van der Waals surface area contributed by atoms with Crippen LogP contribution in [0.15, 0.2) is 18.2 Å². The summed E-state index contributed by atoms with van der Waals surface area (Å²) in [5, 5.41) is 7.20. The van der Waals surface area contributed by atoms with Gasteiger partial charge in [0.25, 0.3) is 0 Å². The second kappa shape index (κ2) is 7.10. The first-order chi connectivity index (χ1) is 9.16. The minimum atomic E-state index is -0.394. The Labute approximate surface area is 122 Å². The van der Waals surface area contributed by atoms with Crippen LogP contribution in [0.2, 0.25) is 10.0 Å². The van der Waals surface area contributed by atoms with Crippen LogP contribution in [0.5, 0.6) is 0 Å². The summed E-state index contributed by atoms with van der Waals surface area (Å²) in [6.07, 6.45) is 0.275. The zero-order valence-electron chi connectivity index (χ0n) is 10.4. The normalized spacial score (nSPS) is 19.2. The van der Waals surface area contributed by atoms with Gasteiger partial charge in [0.2, 0.25) is 5.91 Å². The molecule has 0 bridgehead atoms. The lowest BCUT2D eigenvalue weighted by Crippen LogP contribution is -2.48. The van der Waals surface area contributed by atoms with Crippen molar-refractivity contribution in [2.45, 2.75) is 12.5 Å². The highest BCUT2D eigenvalue weighted by molar-refractivity contribution is 6.35. The molecule has 104 valence electrons. The van der Waals surface area contributed by atoms with Gasteiger partial charge in [-0.25, -0.2) is 0 Å². The van der Waals surface area contributed by atoms with Crippen LogP contribution >= 0.6 is 23.2 Å². The molecule has 0 spiro atoms. The van der Waals surface area contributed by atoms with Gasteiger partial charge < -0.3 is 15.4 Å². The first-order valence-electron chi connectivity index (χ1n) is 6.21. The molecule has 1 heterocycles. The van der Waals surface area contributed by atoms with E-state index in [2.05, 4.69) is 10.6 Å². The summed E-state index contributed by atoms with van der Waals surface area (Å²) in [4.78, 5) is 11.8. The van der Waals surface area contributed by atoms with Gasteiger partial charge in [0.15, 0.2) is 0 Å². The average molecular weight is 303 g/mol. The second-order valence-corrected chi connectivity index (χ2v) is 5.18. The number of carbonyl (C=O) groups excluding carboxylic acids is 1. The Morgan fingerprint density at radius 2 is 2.32 bits per heavy atom. The molecule has 1 aliphatic heterocycles. The summed E-state index contributed by atoms with van der Waals surface area (Å²) < 4.78 is 5.36. The third-order valence-electron chi connectivity index (χ3n) is 2.93. The molecule has 0 saturated carbocycles. The van der Waals surface area contributed by atoms with Crippen molar-refractivity contribution >= 4 is 29.1 Å². The molecule has 0 aliphatic carbocycles. The highest BCUT2D eigenvalue weighted by Gasteiger charge is 2.20. The molecule has 4 nitrogen and oxygen atoms in total. The maximum absolute atomic E-state index is 11.8. The van der Waals surface area contributed by atoms with E-state index < -0.39 is 6.10 Å². The Bertz CT molecular complexity index is 448. The van der Waals surface area contributed by atoms with E-state index in [9.17, 15) is 4.79 Å². The van der Waals surface area contributed by atoms with E-state index in [-0.39, 0.29) is 5.91 Å². The van der Waals surface area contributed by atoms with Crippen molar-refractivity contribution in [3.63, 3.8) is 0 Å². The number of hydrogen-bond acceptors (Lipinski definition) is 3. The third-order valence-corrected chi connectivity index (χ3v) is 3.52. The van der Waals surface area contributed by atoms with E-state index >= 15 is 0 Å². The maximum Gasteiger partial charge on any atom is 0.250 e. The zero-order valence-corrected chi connectivity index (χ0v) is 11.9. The van der Waals surface area contributed by atoms with Crippen molar-refractivity contribution in [1.82, 2.24) is 10.6 Å². The van der Waals surface area contributed by atoms with Crippen molar-refractivity contribution in [2.75, 3.05) is 26.2 Å². The molecule has 19 heavy (non-hydrogen) atoms. The van der Waals surface area contributed by atoms with Crippen LogP contribution < -0.4 is 10.6 Å². The van der Waals surface area contributed by atoms with Gasteiger partial charge in [0.05, 0.1) is 6.61 Å². The van der Waals surface area contributed by atoms with Crippen molar-refractivity contribution in [3.8, 4) is 0 Å². The average Bonchev–Trinajstić information content (AvgIpc) is 2.42. The van der Waals surface area contributed by atoms with Gasteiger partial charge >= 0.3 is 0 Å². The van der Waals surface area contributed by atoms with Gasteiger partial charge in [-0.1, -0.05) is 29.3 Å². The Morgan fingerprint density at radius 1 is 1.47 bits per heavy atom. The second-order valence-electron chi connectivity index (χ2n) is 4.34. The van der Waals surface area contributed by atoms with E-state index in [0.717, 1.165) is 12.1 Å². The summed E-state index contributed by atoms with van der Waals surface area (Å²) in [7, 11) is 0. The number of halogens is 2. The number of ether oxygens (including phenoxy) is 1. The highest BCUT2D eigenvalue weighted by atomic mass is 35.5. The van der Waals surface area contributed by atoms with Gasteiger partial charge in [0.1, 0.15) is 6.10 Å². The van der Waals surface area contributed by atoms with Crippen LogP contribution in [0.3, 0.4) is 0 Å². The molecule has 2 rings (SSSR count). The van der Waals surface area contributed by atoms with Crippen LogP contribution in [-0.2, 0) is 16.0 Å². The molecule has 1 atom stereocenters. The molecule has 6 heteroatoms. The number of carbonyl (C=O) groups is 1. The molecule has 1 unspecified atom stereocenters. The molecule has 1 aromatic carbocycles. The Kier molecular flexibility index (Phi) is 5.45.